The van der Waals surface area contributed by atoms with Gasteiger partial charge in [-0.1, -0.05) is 0 Å². The maximum absolute atomic E-state index is 11.0. The van der Waals surface area contributed by atoms with Gasteiger partial charge in [0.1, 0.15) is 5.56 Å². The molecular formula is C14H18N2O5. The molecular weight excluding hydrogens is 276 g/mol. The standard InChI is InChI=1S/C14H18N2O5/c1-15(8-10-3-2-6-21-9-10)11-4-5-12(14(17)18)13(7-11)16(19)20/h4-5,7,10H,2-3,6,8-9H2,1H3,(H,17,18). The van der Waals surface area contributed by atoms with Crippen molar-refractivity contribution in [3.63, 3.8) is 0 Å². The summed E-state index contributed by atoms with van der Waals surface area (Å²) in [6, 6.07) is 4.19. The van der Waals surface area contributed by atoms with Gasteiger partial charge in [0.15, 0.2) is 0 Å². The van der Waals surface area contributed by atoms with E-state index in [1.165, 1.54) is 12.1 Å². The van der Waals surface area contributed by atoms with Crippen molar-refractivity contribution in [2.24, 2.45) is 5.92 Å². The van der Waals surface area contributed by atoms with Crippen molar-refractivity contribution in [2.45, 2.75) is 12.8 Å². The average Bonchev–Trinajstić information content (AvgIpc) is 2.47. The number of nitro benzene ring substituents is 1. The lowest BCUT2D eigenvalue weighted by molar-refractivity contribution is -0.385. The highest BCUT2D eigenvalue weighted by Crippen LogP contribution is 2.26. The Morgan fingerprint density at radius 2 is 2.33 bits per heavy atom. The fraction of sp³-hybridized carbons (Fsp3) is 0.500. The number of anilines is 1. The summed E-state index contributed by atoms with van der Waals surface area (Å²) in [7, 11) is 1.84. The minimum absolute atomic E-state index is 0.293. The predicted molar refractivity (Wildman–Crippen MR) is 76.9 cm³/mol. The van der Waals surface area contributed by atoms with Crippen LogP contribution in [0.3, 0.4) is 0 Å². The lowest BCUT2D eigenvalue weighted by Crippen LogP contribution is -2.30. The highest BCUT2D eigenvalue weighted by Gasteiger charge is 2.22. The third-order valence-electron chi connectivity index (χ3n) is 3.64. The van der Waals surface area contributed by atoms with Crippen LogP contribution in [0.2, 0.25) is 0 Å². The number of carbonyl (C=O) groups is 1. The molecule has 0 amide bonds. The van der Waals surface area contributed by atoms with Gasteiger partial charge in [-0.05, 0) is 30.9 Å². The van der Waals surface area contributed by atoms with Crippen molar-refractivity contribution < 1.29 is 19.6 Å². The molecule has 0 spiro atoms. The third-order valence-corrected chi connectivity index (χ3v) is 3.64. The second-order valence-electron chi connectivity index (χ2n) is 5.23. The molecule has 21 heavy (non-hydrogen) atoms. The van der Waals surface area contributed by atoms with E-state index in [0.29, 0.717) is 18.2 Å². The molecule has 1 aliphatic rings. The van der Waals surface area contributed by atoms with E-state index in [0.717, 1.165) is 26.0 Å². The number of carboxylic acid groups (broad SMARTS) is 1. The molecule has 0 radical (unpaired) electrons. The van der Waals surface area contributed by atoms with Gasteiger partial charge in [-0.15, -0.1) is 0 Å². The Kier molecular flexibility index (Phi) is 4.74. The van der Waals surface area contributed by atoms with E-state index in [1.807, 2.05) is 11.9 Å². The van der Waals surface area contributed by atoms with Crippen LogP contribution < -0.4 is 4.90 Å². The van der Waals surface area contributed by atoms with E-state index in [-0.39, 0.29) is 11.3 Å². The Hall–Kier alpha value is -2.15. The molecule has 1 fully saturated rings. The minimum atomic E-state index is -1.29. The summed E-state index contributed by atoms with van der Waals surface area (Å²) in [5.41, 5.74) is -0.0397. The summed E-state index contributed by atoms with van der Waals surface area (Å²) in [5.74, 6) is -0.904. The van der Waals surface area contributed by atoms with Crippen LogP contribution in [0.1, 0.15) is 23.2 Å². The first-order valence-corrected chi connectivity index (χ1v) is 6.79. The summed E-state index contributed by atoms with van der Waals surface area (Å²) in [4.78, 5) is 23.2. The number of carboxylic acids is 1. The van der Waals surface area contributed by atoms with Crippen molar-refractivity contribution >= 4 is 17.3 Å². The molecule has 1 aliphatic heterocycles. The zero-order valence-electron chi connectivity index (χ0n) is 11.8. The topological polar surface area (TPSA) is 92.9 Å². The van der Waals surface area contributed by atoms with E-state index in [1.54, 1.807) is 6.07 Å². The summed E-state index contributed by atoms with van der Waals surface area (Å²) in [5, 5.41) is 20.0. The van der Waals surface area contributed by atoms with Crippen LogP contribution in [0.5, 0.6) is 0 Å². The van der Waals surface area contributed by atoms with Gasteiger partial charge in [-0.25, -0.2) is 4.79 Å². The van der Waals surface area contributed by atoms with Crippen LogP contribution in [0, 0.1) is 16.0 Å². The fourth-order valence-electron chi connectivity index (χ4n) is 2.53. The zero-order valence-corrected chi connectivity index (χ0v) is 11.8. The van der Waals surface area contributed by atoms with Crippen LogP contribution in [0.15, 0.2) is 18.2 Å². The molecule has 2 rings (SSSR count). The van der Waals surface area contributed by atoms with Crippen LogP contribution >= 0.6 is 0 Å². The number of ether oxygens (including phenoxy) is 1. The molecule has 114 valence electrons. The number of hydrogen-bond donors (Lipinski definition) is 1. The monoisotopic (exact) mass is 294 g/mol. The summed E-state index contributed by atoms with van der Waals surface area (Å²) >= 11 is 0. The van der Waals surface area contributed by atoms with Crippen LogP contribution in [0.4, 0.5) is 11.4 Å². The lowest BCUT2D eigenvalue weighted by Gasteiger charge is -2.28. The van der Waals surface area contributed by atoms with E-state index in [2.05, 4.69) is 0 Å². The Labute approximate surface area is 122 Å². The largest absolute Gasteiger partial charge is 0.477 e. The average molecular weight is 294 g/mol. The van der Waals surface area contributed by atoms with Gasteiger partial charge in [0, 0.05) is 32.0 Å². The molecule has 0 bridgehead atoms. The maximum atomic E-state index is 11.0. The van der Waals surface area contributed by atoms with Gasteiger partial charge in [0.05, 0.1) is 11.5 Å². The smallest absolute Gasteiger partial charge is 0.342 e. The number of nitrogens with zero attached hydrogens (tertiary/aromatic N) is 2. The van der Waals surface area contributed by atoms with Crippen LogP contribution in [0.25, 0.3) is 0 Å². The summed E-state index contributed by atoms with van der Waals surface area (Å²) in [6.45, 7) is 2.21. The molecule has 1 aromatic rings. The van der Waals surface area contributed by atoms with Gasteiger partial charge in [0.2, 0.25) is 0 Å². The number of benzene rings is 1. The first kappa shape index (κ1) is 15.2. The quantitative estimate of drug-likeness (QED) is 0.660. The van der Waals surface area contributed by atoms with Crippen molar-refractivity contribution in [2.75, 3.05) is 31.7 Å². The summed E-state index contributed by atoms with van der Waals surface area (Å²) < 4.78 is 5.42. The van der Waals surface area contributed by atoms with Gasteiger partial charge in [0.25, 0.3) is 5.69 Å². The molecule has 1 aromatic carbocycles. The molecule has 1 heterocycles. The molecule has 7 heteroatoms. The molecule has 1 atom stereocenters. The van der Waals surface area contributed by atoms with Crippen molar-refractivity contribution in [3.05, 3.63) is 33.9 Å². The highest BCUT2D eigenvalue weighted by atomic mass is 16.6. The second-order valence-corrected chi connectivity index (χ2v) is 5.23. The SMILES string of the molecule is CN(CC1CCCOC1)c1ccc(C(=O)O)c([N+](=O)[O-])c1. The molecule has 0 saturated carbocycles. The van der Waals surface area contributed by atoms with Gasteiger partial charge >= 0.3 is 5.97 Å². The molecule has 0 aromatic heterocycles. The maximum Gasteiger partial charge on any atom is 0.342 e. The number of nitro groups is 1. The Balaban J connectivity index is 2.17. The molecule has 1 saturated heterocycles. The van der Waals surface area contributed by atoms with Crippen molar-refractivity contribution in [1.82, 2.24) is 0 Å². The number of aromatic carboxylic acids is 1. The van der Waals surface area contributed by atoms with Crippen molar-refractivity contribution in [3.8, 4) is 0 Å². The highest BCUT2D eigenvalue weighted by molar-refractivity contribution is 5.93. The van der Waals surface area contributed by atoms with Crippen LogP contribution in [-0.2, 0) is 4.74 Å². The first-order chi connectivity index (χ1) is 9.99. The molecule has 1 unspecified atom stereocenters. The predicted octanol–water partition coefficient (Wildman–Crippen LogP) is 2.16. The van der Waals surface area contributed by atoms with Crippen LogP contribution in [-0.4, -0.2) is 42.8 Å². The molecule has 7 nitrogen and oxygen atoms in total. The van der Waals surface area contributed by atoms with E-state index in [9.17, 15) is 14.9 Å². The molecule has 0 aliphatic carbocycles. The fourth-order valence-corrected chi connectivity index (χ4v) is 2.53. The third kappa shape index (κ3) is 3.69. The number of rotatable bonds is 5. The van der Waals surface area contributed by atoms with Gasteiger partial charge < -0.3 is 14.7 Å². The Morgan fingerprint density at radius 3 is 2.90 bits per heavy atom. The van der Waals surface area contributed by atoms with E-state index >= 15 is 0 Å². The minimum Gasteiger partial charge on any atom is -0.477 e. The Morgan fingerprint density at radius 1 is 1.57 bits per heavy atom. The number of hydrogen-bond acceptors (Lipinski definition) is 5. The van der Waals surface area contributed by atoms with E-state index in [4.69, 9.17) is 9.84 Å². The van der Waals surface area contributed by atoms with E-state index < -0.39 is 10.9 Å². The summed E-state index contributed by atoms with van der Waals surface area (Å²) in [6.07, 6.45) is 2.09. The van der Waals surface area contributed by atoms with Gasteiger partial charge in [-0.2, -0.15) is 0 Å². The van der Waals surface area contributed by atoms with Crippen molar-refractivity contribution in [1.29, 1.82) is 0 Å². The Bertz CT molecular complexity index is 540. The first-order valence-electron chi connectivity index (χ1n) is 6.79. The molecule has 1 N–H and O–H groups in total. The zero-order chi connectivity index (χ0) is 15.4. The second kappa shape index (κ2) is 6.53. The normalized spacial score (nSPS) is 18.2. The van der Waals surface area contributed by atoms with Gasteiger partial charge in [-0.3, -0.25) is 10.1 Å². The lowest BCUT2D eigenvalue weighted by atomic mass is 10.0.